The van der Waals surface area contributed by atoms with E-state index >= 15 is 0 Å². The molecule has 2 radical (unpaired) electrons. The largest absolute Gasteiger partial charge is 0.382 e. The van der Waals surface area contributed by atoms with Gasteiger partial charge in [0.2, 0.25) is 0 Å². The van der Waals surface area contributed by atoms with Crippen LogP contribution in [-0.4, -0.2) is 16.3 Å². The van der Waals surface area contributed by atoms with Crippen molar-refractivity contribution >= 4 is 21.6 Å². The molecule has 0 spiro atoms. The summed E-state index contributed by atoms with van der Waals surface area (Å²) in [6.45, 7) is 5.71. The Balaban J connectivity index is 2.25. The molecule has 0 amide bonds. The van der Waals surface area contributed by atoms with Crippen molar-refractivity contribution in [3.8, 4) is 0 Å². The molecule has 3 heteroatoms. The summed E-state index contributed by atoms with van der Waals surface area (Å²) in [5.41, 5.74) is -0.250. The second kappa shape index (κ2) is 4.52. The number of hydrogen-bond donors (Lipinski definition) is 1. The van der Waals surface area contributed by atoms with E-state index in [9.17, 15) is 5.11 Å². The zero-order valence-corrected chi connectivity index (χ0v) is 7.46. The Labute approximate surface area is 70.4 Å². The quantitative estimate of drug-likeness (QED) is 0.571. The van der Waals surface area contributed by atoms with Crippen LogP contribution in [0.5, 0.6) is 0 Å². The highest BCUT2D eigenvalue weighted by Crippen LogP contribution is 2.33. The van der Waals surface area contributed by atoms with Crippen molar-refractivity contribution in [3.05, 3.63) is 6.92 Å². The molecule has 0 saturated carbocycles. The van der Waals surface area contributed by atoms with Crippen molar-refractivity contribution in [3.63, 3.8) is 0 Å². The summed E-state index contributed by atoms with van der Waals surface area (Å²) in [5.74, 6) is 1.33. The Morgan fingerprint density at radius 3 is 3.10 bits per heavy atom. The van der Waals surface area contributed by atoms with E-state index in [1.165, 1.54) is 6.42 Å². The third-order valence-electron chi connectivity index (χ3n) is 1.49. The van der Waals surface area contributed by atoms with Crippen LogP contribution in [0, 0.1) is 12.8 Å². The van der Waals surface area contributed by atoms with E-state index in [0.29, 0.717) is 0 Å². The predicted molar refractivity (Wildman–Crippen MR) is 47.7 cm³/mol. The van der Waals surface area contributed by atoms with Gasteiger partial charge in [0.25, 0.3) is 0 Å². The minimum atomic E-state index is -0.250. The molecule has 0 aromatic heterocycles. The molecular formula is C7H12OS2. The average Bonchev–Trinajstić information content (AvgIpc) is 1.83. The molecule has 10 heavy (non-hydrogen) atoms. The summed E-state index contributed by atoms with van der Waals surface area (Å²) in [5, 5.41) is 9.25. The van der Waals surface area contributed by atoms with Gasteiger partial charge in [-0.05, 0) is 32.1 Å². The molecule has 1 fully saturated rings. The maximum Gasteiger partial charge on any atom is 0.110 e. The van der Waals surface area contributed by atoms with Gasteiger partial charge in [-0.25, -0.2) is 0 Å². The maximum atomic E-state index is 9.25. The molecule has 0 aromatic carbocycles. The highest BCUT2D eigenvalue weighted by atomic mass is 33.1. The molecular weight excluding hydrogens is 164 g/mol. The lowest BCUT2D eigenvalue weighted by molar-refractivity contribution is 0.233. The van der Waals surface area contributed by atoms with Gasteiger partial charge in [0.15, 0.2) is 0 Å². The van der Waals surface area contributed by atoms with Crippen molar-refractivity contribution in [1.82, 2.24) is 0 Å². The first kappa shape index (κ1) is 8.75. The van der Waals surface area contributed by atoms with Crippen molar-refractivity contribution in [2.24, 2.45) is 5.92 Å². The summed E-state index contributed by atoms with van der Waals surface area (Å²) < 4.78 is 0. The fourth-order valence-corrected chi connectivity index (χ4v) is 3.16. The number of hydrogen-bond acceptors (Lipinski definition) is 3. The van der Waals surface area contributed by atoms with Gasteiger partial charge < -0.3 is 5.11 Å². The van der Waals surface area contributed by atoms with Crippen LogP contribution in [0.25, 0.3) is 0 Å². The highest BCUT2D eigenvalue weighted by molar-refractivity contribution is 8.76. The summed E-state index contributed by atoms with van der Waals surface area (Å²) in [7, 11) is 3.30. The lowest BCUT2D eigenvalue weighted by Crippen LogP contribution is -2.09. The smallest absolute Gasteiger partial charge is 0.110 e. The Hall–Kier alpha value is 0.660. The molecule has 1 aliphatic heterocycles. The molecule has 1 heterocycles. The predicted octanol–water partition coefficient (Wildman–Crippen LogP) is 2.20. The number of aliphatic hydroxyl groups is 1. The lowest BCUT2D eigenvalue weighted by Gasteiger charge is -2.18. The summed E-state index contributed by atoms with van der Waals surface area (Å²) in [6, 6.07) is 0. The summed E-state index contributed by atoms with van der Waals surface area (Å²) in [4.78, 5) is 0. The number of aliphatic hydroxyl groups excluding tert-OH is 1. The van der Waals surface area contributed by atoms with Crippen molar-refractivity contribution < 1.29 is 5.11 Å². The second-order valence-corrected chi connectivity index (χ2v) is 5.18. The average molecular weight is 176 g/mol. The van der Waals surface area contributed by atoms with Gasteiger partial charge in [-0.3, -0.25) is 0 Å². The van der Waals surface area contributed by atoms with E-state index in [2.05, 4.69) is 0 Å². The zero-order chi connectivity index (χ0) is 7.40. The third-order valence-corrected chi connectivity index (χ3v) is 4.07. The molecule has 1 aliphatic rings. The van der Waals surface area contributed by atoms with E-state index in [-0.39, 0.29) is 11.4 Å². The molecule has 1 saturated heterocycles. The maximum absolute atomic E-state index is 9.25. The standard InChI is InChI=1S/C7H12OS2/c1-6-3-2-4-9-10-7(8)5-6/h1,6-8H,2-5H2. The van der Waals surface area contributed by atoms with Crippen LogP contribution in [0.1, 0.15) is 19.3 Å². The molecule has 0 bridgehead atoms. The van der Waals surface area contributed by atoms with Crippen molar-refractivity contribution in [1.29, 1.82) is 0 Å². The van der Waals surface area contributed by atoms with Crippen molar-refractivity contribution in [2.75, 3.05) is 5.75 Å². The fourth-order valence-electron chi connectivity index (χ4n) is 0.947. The van der Waals surface area contributed by atoms with Crippen LogP contribution in [-0.2, 0) is 0 Å². The van der Waals surface area contributed by atoms with Gasteiger partial charge in [-0.2, -0.15) is 0 Å². The minimum absolute atomic E-state index is 0.211. The lowest BCUT2D eigenvalue weighted by atomic mass is 10.0. The first-order valence-corrected chi connectivity index (χ1v) is 5.89. The first-order valence-electron chi connectivity index (χ1n) is 3.51. The van der Waals surface area contributed by atoms with E-state index in [0.717, 1.165) is 18.6 Å². The van der Waals surface area contributed by atoms with Crippen LogP contribution in [0.4, 0.5) is 0 Å². The first-order chi connectivity index (χ1) is 4.79. The fraction of sp³-hybridized carbons (Fsp3) is 0.857. The monoisotopic (exact) mass is 176 g/mol. The van der Waals surface area contributed by atoms with Crippen LogP contribution >= 0.6 is 21.6 Å². The van der Waals surface area contributed by atoms with E-state index in [4.69, 9.17) is 6.92 Å². The number of rotatable bonds is 0. The SMILES string of the molecule is [CH]C1CCCSSC(O)C1. The Kier molecular flexibility index (Phi) is 3.96. The van der Waals surface area contributed by atoms with E-state index in [1.54, 1.807) is 21.6 Å². The Morgan fingerprint density at radius 2 is 2.30 bits per heavy atom. The summed E-state index contributed by atoms with van der Waals surface area (Å²) in [6.07, 6.45) is 2.99. The molecule has 2 atom stereocenters. The van der Waals surface area contributed by atoms with Gasteiger partial charge >= 0.3 is 0 Å². The molecule has 2 unspecified atom stereocenters. The Morgan fingerprint density at radius 1 is 1.50 bits per heavy atom. The molecule has 0 aliphatic carbocycles. The molecule has 0 aromatic rings. The summed E-state index contributed by atoms with van der Waals surface area (Å²) >= 11 is 0. The normalized spacial score (nSPS) is 36.6. The van der Waals surface area contributed by atoms with Gasteiger partial charge in [0.05, 0.1) is 0 Å². The van der Waals surface area contributed by atoms with Crippen LogP contribution in [0.3, 0.4) is 0 Å². The van der Waals surface area contributed by atoms with Gasteiger partial charge in [-0.1, -0.05) is 21.6 Å². The molecule has 58 valence electrons. The zero-order valence-electron chi connectivity index (χ0n) is 5.82. The molecule has 1 nitrogen and oxygen atoms in total. The molecule has 1 N–H and O–H groups in total. The molecule has 1 rings (SSSR count). The minimum Gasteiger partial charge on any atom is -0.382 e. The Bertz CT molecular complexity index is 87.6. The van der Waals surface area contributed by atoms with Crippen molar-refractivity contribution in [2.45, 2.75) is 24.7 Å². The van der Waals surface area contributed by atoms with Crippen LogP contribution in [0.2, 0.25) is 0 Å². The second-order valence-electron chi connectivity index (χ2n) is 2.51. The van der Waals surface area contributed by atoms with E-state index in [1.807, 2.05) is 0 Å². The van der Waals surface area contributed by atoms with Gasteiger partial charge in [0.1, 0.15) is 5.44 Å². The highest BCUT2D eigenvalue weighted by Gasteiger charge is 2.13. The van der Waals surface area contributed by atoms with Crippen LogP contribution < -0.4 is 0 Å². The van der Waals surface area contributed by atoms with Gasteiger partial charge in [-0.15, -0.1) is 0 Å². The van der Waals surface area contributed by atoms with Crippen LogP contribution in [0.15, 0.2) is 0 Å². The van der Waals surface area contributed by atoms with E-state index < -0.39 is 0 Å². The topological polar surface area (TPSA) is 20.2 Å². The van der Waals surface area contributed by atoms with Gasteiger partial charge in [0, 0.05) is 5.75 Å². The third kappa shape index (κ3) is 3.17.